The highest BCUT2D eigenvalue weighted by molar-refractivity contribution is 7.07. The Hall–Kier alpha value is -0.340. The summed E-state index contributed by atoms with van der Waals surface area (Å²) in [6, 6.07) is 2.85. The lowest BCUT2D eigenvalue weighted by atomic mass is 10.0. The van der Waals surface area contributed by atoms with Gasteiger partial charge in [0.25, 0.3) is 0 Å². The predicted molar refractivity (Wildman–Crippen MR) is 58.0 cm³/mol. The van der Waals surface area contributed by atoms with Crippen molar-refractivity contribution in [1.82, 2.24) is 5.32 Å². The van der Waals surface area contributed by atoms with Crippen LogP contribution in [0.15, 0.2) is 16.8 Å². The van der Waals surface area contributed by atoms with Gasteiger partial charge in [0.05, 0.1) is 0 Å². The molecule has 1 N–H and O–H groups in total. The van der Waals surface area contributed by atoms with Crippen LogP contribution in [0.5, 0.6) is 0 Å². The molecule has 1 aliphatic rings. The van der Waals surface area contributed by atoms with E-state index in [1.165, 1.54) is 18.4 Å². The molecule has 13 heavy (non-hydrogen) atoms. The molecular weight excluding hydrogens is 178 g/mol. The van der Waals surface area contributed by atoms with E-state index >= 15 is 0 Å². The highest BCUT2D eigenvalue weighted by Crippen LogP contribution is 2.47. The Morgan fingerprint density at radius 3 is 2.92 bits per heavy atom. The monoisotopic (exact) mass is 195 g/mol. The normalized spacial score (nSPS) is 21.4. The zero-order valence-corrected chi connectivity index (χ0v) is 9.16. The van der Waals surface area contributed by atoms with E-state index in [0.717, 1.165) is 6.54 Å². The molecule has 1 saturated carbocycles. The van der Waals surface area contributed by atoms with Gasteiger partial charge in [-0.3, -0.25) is 0 Å². The minimum atomic E-state index is 0.593. The lowest BCUT2D eigenvalue weighted by Gasteiger charge is -2.19. The number of rotatable bonds is 4. The van der Waals surface area contributed by atoms with Gasteiger partial charge >= 0.3 is 0 Å². The summed E-state index contributed by atoms with van der Waals surface area (Å²) in [6.45, 7) is 5.71. The van der Waals surface area contributed by atoms with Crippen molar-refractivity contribution in [2.75, 3.05) is 0 Å². The van der Waals surface area contributed by atoms with E-state index in [1.807, 2.05) is 0 Å². The highest BCUT2D eigenvalue weighted by atomic mass is 32.1. The molecular formula is C11H17NS. The van der Waals surface area contributed by atoms with Crippen molar-refractivity contribution < 1.29 is 0 Å². The van der Waals surface area contributed by atoms with Crippen molar-refractivity contribution in [3.63, 3.8) is 0 Å². The fraction of sp³-hybridized carbons (Fsp3) is 0.636. The van der Waals surface area contributed by atoms with Gasteiger partial charge in [-0.05, 0) is 47.6 Å². The van der Waals surface area contributed by atoms with Crippen LogP contribution in [0.1, 0.15) is 32.3 Å². The molecule has 2 rings (SSSR count). The van der Waals surface area contributed by atoms with Crippen LogP contribution < -0.4 is 5.32 Å². The lowest BCUT2D eigenvalue weighted by Crippen LogP contribution is -2.32. The summed E-state index contributed by atoms with van der Waals surface area (Å²) in [5.74, 6) is 0. The van der Waals surface area contributed by atoms with Gasteiger partial charge in [0, 0.05) is 12.6 Å². The van der Waals surface area contributed by atoms with E-state index in [9.17, 15) is 0 Å². The maximum Gasteiger partial charge on any atom is 0.0216 e. The van der Waals surface area contributed by atoms with Gasteiger partial charge in [-0.25, -0.2) is 0 Å². The lowest BCUT2D eigenvalue weighted by molar-refractivity contribution is 0.380. The molecule has 72 valence electrons. The third kappa shape index (κ3) is 2.12. The third-order valence-corrected chi connectivity index (χ3v) is 4.01. The van der Waals surface area contributed by atoms with Gasteiger partial charge in [0.2, 0.25) is 0 Å². The molecule has 0 saturated heterocycles. The van der Waals surface area contributed by atoms with Gasteiger partial charge in [0.15, 0.2) is 0 Å². The maximum atomic E-state index is 3.59. The largest absolute Gasteiger partial charge is 0.310 e. The van der Waals surface area contributed by atoms with Crippen LogP contribution >= 0.6 is 11.3 Å². The van der Waals surface area contributed by atoms with Crippen LogP contribution in [0.25, 0.3) is 0 Å². The molecule has 1 atom stereocenters. The molecule has 0 spiro atoms. The third-order valence-electron chi connectivity index (χ3n) is 3.28. The van der Waals surface area contributed by atoms with E-state index in [0.29, 0.717) is 11.5 Å². The second-order valence-corrected chi connectivity index (χ2v) is 5.17. The molecule has 0 amide bonds. The zero-order chi connectivity index (χ0) is 9.31. The molecule has 1 aromatic rings. The average Bonchev–Trinajstić information content (AvgIpc) is 2.70. The molecule has 1 fully saturated rings. The summed E-state index contributed by atoms with van der Waals surface area (Å²) in [5, 5.41) is 7.95. The van der Waals surface area contributed by atoms with Crippen molar-refractivity contribution >= 4 is 11.3 Å². The van der Waals surface area contributed by atoms with E-state index < -0.39 is 0 Å². The van der Waals surface area contributed by atoms with Crippen LogP contribution in [-0.4, -0.2) is 6.04 Å². The Balaban J connectivity index is 1.79. The molecule has 0 aromatic carbocycles. The summed E-state index contributed by atoms with van der Waals surface area (Å²) in [6.07, 6.45) is 2.79. The first-order chi connectivity index (χ1) is 6.21. The fourth-order valence-corrected chi connectivity index (χ4v) is 2.21. The minimum absolute atomic E-state index is 0.593. The maximum absolute atomic E-state index is 3.59. The van der Waals surface area contributed by atoms with Crippen molar-refractivity contribution in [3.05, 3.63) is 22.4 Å². The fourth-order valence-electron chi connectivity index (χ4n) is 1.54. The number of nitrogens with one attached hydrogen (secondary N) is 1. The van der Waals surface area contributed by atoms with Gasteiger partial charge in [-0.2, -0.15) is 11.3 Å². The van der Waals surface area contributed by atoms with E-state index in [4.69, 9.17) is 0 Å². The number of hydrogen-bond acceptors (Lipinski definition) is 2. The topological polar surface area (TPSA) is 12.0 Å². The Kier molecular flexibility index (Phi) is 2.43. The summed E-state index contributed by atoms with van der Waals surface area (Å²) in [7, 11) is 0. The number of thiophene rings is 1. The standard InChI is InChI=1S/C11H17NS/c1-9(11(2)4-5-11)12-7-10-3-6-13-8-10/h3,6,8-9,12H,4-5,7H2,1-2H3. The van der Waals surface area contributed by atoms with E-state index in [-0.39, 0.29) is 0 Å². The molecule has 1 aromatic heterocycles. The highest BCUT2D eigenvalue weighted by Gasteiger charge is 2.41. The average molecular weight is 195 g/mol. The van der Waals surface area contributed by atoms with Crippen LogP contribution in [-0.2, 0) is 6.54 Å². The Labute approximate surface area is 84.2 Å². The molecule has 0 bridgehead atoms. The molecule has 0 aliphatic heterocycles. The summed E-state index contributed by atoms with van der Waals surface area (Å²) in [4.78, 5) is 0. The molecule has 1 heterocycles. The Morgan fingerprint density at radius 1 is 1.62 bits per heavy atom. The summed E-state index contributed by atoms with van der Waals surface area (Å²) in [5.41, 5.74) is 2.01. The van der Waals surface area contributed by atoms with Crippen LogP contribution in [0.2, 0.25) is 0 Å². The van der Waals surface area contributed by atoms with Gasteiger partial charge in [-0.1, -0.05) is 6.92 Å². The first-order valence-electron chi connectivity index (χ1n) is 4.95. The van der Waals surface area contributed by atoms with Gasteiger partial charge in [-0.15, -0.1) is 0 Å². The SMILES string of the molecule is CC(NCc1ccsc1)C1(C)CC1. The van der Waals surface area contributed by atoms with Crippen LogP contribution in [0.3, 0.4) is 0 Å². The van der Waals surface area contributed by atoms with Gasteiger partial charge < -0.3 is 5.32 Å². The van der Waals surface area contributed by atoms with Gasteiger partial charge in [0.1, 0.15) is 0 Å². The molecule has 0 radical (unpaired) electrons. The number of hydrogen-bond donors (Lipinski definition) is 1. The second-order valence-electron chi connectivity index (χ2n) is 4.39. The van der Waals surface area contributed by atoms with Crippen molar-refractivity contribution in [2.24, 2.45) is 5.41 Å². The van der Waals surface area contributed by atoms with E-state index in [1.54, 1.807) is 11.3 Å². The quantitative estimate of drug-likeness (QED) is 0.778. The molecule has 1 aliphatic carbocycles. The predicted octanol–water partition coefficient (Wildman–Crippen LogP) is 3.03. The summed E-state index contributed by atoms with van der Waals surface area (Å²) < 4.78 is 0. The van der Waals surface area contributed by atoms with Crippen molar-refractivity contribution in [2.45, 2.75) is 39.3 Å². The van der Waals surface area contributed by atoms with Crippen LogP contribution in [0.4, 0.5) is 0 Å². The summed E-state index contributed by atoms with van der Waals surface area (Å²) >= 11 is 1.77. The first-order valence-corrected chi connectivity index (χ1v) is 5.89. The Bertz CT molecular complexity index is 262. The zero-order valence-electron chi connectivity index (χ0n) is 8.34. The van der Waals surface area contributed by atoms with E-state index in [2.05, 4.69) is 36.0 Å². The van der Waals surface area contributed by atoms with Crippen molar-refractivity contribution in [1.29, 1.82) is 0 Å². The van der Waals surface area contributed by atoms with Crippen molar-refractivity contribution in [3.8, 4) is 0 Å². The second kappa shape index (κ2) is 3.43. The minimum Gasteiger partial charge on any atom is -0.310 e. The van der Waals surface area contributed by atoms with Crippen LogP contribution in [0, 0.1) is 5.41 Å². The molecule has 1 unspecified atom stereocenters. The molecule has 1 nitrogen and oxygen atoms in total. The molecule has 2 heteroatoms. The smallest absolute Gasteiger partial charge is 0.0216 e. The first kappa shape index (κ1) is 9.22. The Morgan fingerprint density at radius 2 is 2.38 bits per heavy atom.